The predicted molar refractivity (Wildman–Crippen MR) is 158 cm³/mol. The lowest BCUT2D eigenvalue weighted by atomic mass is 9.99. The molecule has 0 saturated carbocycles. The van der Waals surface area contributed by atoms with E-state index < -0.39 is 29.4 Å². The largest absolute Gasteiger partial charge is 0.444 e. The van der Waals surface area contributed by atoms with Crippen LogP contribution >= 0.6 is 23.2 Å². The number of halogens is 2. The summed E-state index contributed by atoms with van der Waals surface area (Å²) < 4.78 is 5.35. The molecule has 0 unspecified atom stereocenters. The fourth-order valence-corrected chi connectivity index (χ4v) is 5.54. The van der Waals surface area contributed by atoms with Crippen LogP contribution in [-0.4, -0.2) is 70.9 Å². The highest BCUT2D eigenvalue weighted by molar-refractivity contribution is 6.39. The van der Waals surface area contributed by atoms with Gasteiger partial charge in [-0.05, 0) is 63.8 Å². The molecule has 12 heteroatoms. The molecule has 0 aliphatic carbocycles. The van der Waals surface area contributed by atoms with Gasteiger partial charge in [-0.25, -0.2) is 9.59 Å². The lowest BCUT2D eigenvalue weighted by molar-refractivity contribution is -0.134. The van der Waals surface area contributed by atoms with Crippen LogP contribution in [0.5, 0.6) is 0 Å². The number of para-hydroxylation sites is 1. The van der Waals surface area contributed by atoms with Gasteiger partial charge in [0.1, 0.15) is 11.6 Å². The molecule has 1 fully saturated rings. The van der Waals surface area contributed by atoms with E-state index in [1.165, 1.54) is 12.1 Å². The van der Waals surface area contributed by atoms with Crippen LogP contribution in [0.4, 0.5) is 21.0 Å². The first kappa shape index (κ1) is 30.5. The van der Waals surface area contributed by atoms with Crippen molar-refractivity contribution in [2.75, 3.05) is 30.7 Å². The van der Waals surface area contributed by atoms with Crippen LogP contribution in [0.1, 0.15) is 56.0 Å². The molecule has 4 N–H and O–H groups in total. The smallest absolute Gasteiger partial charge is 0.408 e. The van der Waals surface area contributed by atoms with Crippen LogP contribution in [-0.2, 0) is 16.0 Å². The molecule has 2 aliphatic rings. The summed E-state index contributed by atoms with van der Waals surface area (Å²) in [6.07, 6.45) is 0.712. The normalized spacial score (nSPS) is 16.8. The van der Waals surface area contributed by atoms with E-state index >= 15 is 0 Å². The zero-order valence-corrected chi connectivity index (χ0v) is 24.8. The molecule has 1 saturated heterocycles. The van der Waals surface area contributed by atoms with E-state index in [1.807, 2.05) is 29.2 Å². The monoisotopic (exact) mass is 603 g/mol. The van der Waals surface area contributed by atoms with Crippen molar-refractivity contribution < 1.29 is 23.9 Å². The second kappa shape index (κ2) is 12.6. The van der Waals surface area contributed by atoms with Crippen molar-refractivity contribution in [2.45, 2.75) is 64.1 Å². The molecule has 220 valence electrons. The highest BCUT2D eigenvalue weighted by Crippen LogP contribution is 2.30. The van der Waals surface area contributed by atoms with Crippen LogP contribution in [0.15, 0.2) is 36.4 Å². The fraction of sp³-hybridized carbons (Fsp3) is 0.448. The molecule has 0 aromatic heterocycles. The molecule has 2 heterocycles. The van der Waals surface area contributed by atoms with Crippen LogP contribution in [0, 0.1) is 0 Å². The third kappa shape index (κ3) is 7.62. The average molecular weight is 605 g/mol. The van der Waals surface area contributed by atoms with E-state index in [-0.39, 0.29) is 39.8 Å². The first-order valence-corrected chi connectivity index (χ1v) is 14.3. The van der Waals surface area contributed by atoms with Gasteiger partial charge in [0.25, 0.3) is 0 Å². The quantitative estimate of drug-likeness (QED) is 0.310. The number of fused-ring (bicyclic) bond motifs is 1. The molecule has 2 aliphatic heterocycles. The number of nitrogens with zero attached hydrogens (tertiary/aromatic N) is 2. The van der Waals surface area contributed by atoms with Crippen LogP contribution in [0.3, 0.4) is 0 Å². The summed E-state index contributed by atoms with van der Waals surface area (Å²) in [6.45, 7) is 6.41. The third-order valence-corrected chi connectivity index (χ3v) is 7.76. The van der Waals surface area contributed by atoms with Gasteiger partial charge < -0.3 is 30.9 Å². The Hall–Kier alpha value is -3.50. The first-order valence-electron chi connectivity index (χ1n) is 13.5. The molecule has 0 spiro atoms. The van der Waals surface area contributed by atoms with Crippen molar-refractivity contribution in [3.8, 4) is 0 Å². The second-order valence-corrected chi connectivity index (χ2v) is 12.1. The van der Waals surface area contributed by atoms with Crippen LogP contribution < -0.4 is 16.4 Å². The summed E-state index contributed by atoms with van der Waals surface area (Å²) in [5, 5.41) is 5.80. The molecule has 10 nitrogen and oxygen atoms in total. The molecule has 4 rings (SSSR count). The number of ether oxygens (including phenoxy) is 1. The van der Waals surface area contributed by atoms with E-state index in [2.05, 4.69) is 10.6 Å². The number of piperidine rings is 1. The highest BCUT2D eigenvalue weighted by Gasteiger charge is 2.35. The Morgan fingerprint density at radius 3 is 2.37 bits per heavy atom. The topological polar surface area (TPSA) is 134 Å². The van der Waals surface area contributed by atoms with Gasteiger partial charge >= 0.3 is 12.1 Å². The third-order valence-electron chi connectivity index (χ3n) is 7.14. The molecular weight excluding hydrogens is 569 g/mol. The standard InChI is InChI=1S/C29H35Cl2N5O5/c1-29(2,3)41-28(40)34-23(16-24(37)18-14-20(30)25(32)21(31)15-18)26(38)35-11-9-19(10-12-35)36-13-8-17-6-4-5-7-22(17)33-27(36)39/h4-7,14-15,19,23H,8-13,16,32H2,1-3H3,(H,33,39)(H,34,40)/t23-/m1/s1. The van der Waals surface area contributed by atoms with Gasteiger partial charge in [-0.3, -0.25) is 9.59 Å². The maximum atomic E-state index is 13.6. The molecular formula is C29H35Cl2N5O5. The number of nitrogen functional groups attached to an aromatic ring is 1. The summed E-state index contributed by atoms with van der Waals surface area (Å²) in [5.74, 6) is -0.859. The fourth-order valence-electron chi connectivity index (χ4n) is 5.05. The van der Waals surface area contributed by atoms with Crippen LogP contribution in [0.2, 0.25) is 10.0 Å². The van der Waals surface area contributed by atoms with E-state index in [0.717, 1.165) is 17.7 Å². The molecule has 0 bridgehead atoms. The van der Waals surface area contributed by atoms with E-state index in [4.69, 9.17) is 33.7 Å². The van der Waals surface area contributed by atoms with Gasteiger partial charge in [-0.2, -0.15) is 0 Å². The van der Waals surface area contributed by atoms with Gasteiger partial charge in [0.15, 0.2) is 5.78 Å². The zero-order valence-electron chi connectivity index (χ0n) is 23.3. The van der Waals surface area contributed by atoms with Gasteiger partial charge in [0.05, 0.1) is 15.7 Å². The van der Waals surface area contributed by atoms with Crippen molar-refractivity contribution in [3.05, 3.63) is 57.6 Å². The summed E-state index contributed by atoms with van der Waals surface area (Å²) >= 11 is 12.2. The number of hydrogen-bond acceptors (Lipinski definition) is 6. The van der Waals surface area contributed by atoms with Gasteiger partial charge in [0, 0.05) is 43.3 Å². The number of hydrogen-bond donors (Lipinski definition) is 3. The summed E-state index contributed by atoms with van der Waals surface area (Å²) in [5.41, 5.74) is 7.21. The number of carbonyl (C=O) groups excluding carboxylic acids is 4. The second-order valence-electron chi connectivity index (χ2n) is 11.3. The molecule has 2 aromatic rings. The molecule has 1 atom stereocenters. The Morgan fingerprint density at radius 2 is 1.73 bits per heavy atom. The molecule has 41 heavy (non-hydrogen) atoms. The highest BCUT2D eigenvalue weighted by atomic mass is 35.5. The Balaban J connectivity index is 1.44. The van der Waals surface area contributed by atoms with Crippen molar-refractivity contribution in [1.29, 1.82) is 0 Å². The molecule has 2 aromatic carbocycles. The maximum Gasteiger partial charge on any atom is 0.408 e. The van der Waals surface area contributed by atoms with E-state index in [0.29, 0.717) is 32.5 Å². The number of nitrogens with two attached hydrogens (primary N) is 1. The number of urea groups is 1. The van der Waals surface area contributed by atoms with Crippen molar-refractivity contribution >= 4 is 58.4 Å². The molecule has 4 amide bonds. The van der Waals surface area contributed by atoms with Crippen molar-refractivity contribution in [1.82, 2.24) is 15.1 Å². The lowest BCUT2D eigenvalue weighted by Crippen LogP contribution is -2.55. The Labute approximate surface area is 249 Å². The number of ketones is 1. The number of amides is 4. The minimum atomic E-state index is -1.18. The number of benzene rings is 2. The minimum Gasteiger partial charge on any atom is -0.444 e. The summed E-state index contributed by atoms with van der Waals surface area (Å²) in [7, 11) is 0. The number of rotatable bonds is 6. The zero-order chi connectivity index (χ0) is 29.9. The van der Waals surface area contributed by atoms with Gasteiger partial charge in [0.2, 0.25) is 5.91 Å². The number of alkyl carbamates (subject to hydrolysis) is 1. The lowest BCUT2D eigenvalue weighted by Gasteiger charge is -2.39. The number of Topliss-reactive ketones (excluding diaryl/α,β-unsaturated/α-hetero) is 1. The minimum absolute atomic E-state index is 0.0497. The van der Waals surface area contributed by atoms with Crippen LogP contribution in [0.25, 0.3) is 0 Å². The van der Waals surface area contributed by atoms with Crippen molar-refractivity contribution in [3.63, 3.8) is 0 Å². The Kier molecular flexibility index (Phi) is 9.34. The first-order chi connectivity index (χ1) is 19.3. The Bertz CT molecular complexity index is 1310. The Morgan fingerprint density at radius 1 is 1.10 bits per heavy atom. The predicted octanol–water partition coefficient (Wildman–Crippen LogP) is 5.12. The van der Waals surface area contributed by atoms with E-state index in [9.17, 15) is 19.2 Å². The number of nitrogens with one attached hydrogen (secondary N) is 2. The number of likely N-dealkylation sites (tertiary alicyclic amines) is 1. The maximum absolute atomic E-state index is 13.6. The van der Waals surface area contributed by atoms with Gasteiger partial charge in [-0.1, -0.05) is 41.4 Å². The van der Waals surface area contributed by atoms with Crippen molar-refractivity contribution in [2.24, 2.45) is 0 Å². The van der Waals surface area contributed by atoms with E-state index in [1.54, 1.807) is 25.7 Å². The number of anilines is 2. The number of carbonyl (C=O) groups is 4. The SMILES string of the molecule is CC(C)(C)OC(=O)N[C@H](CC(=O)c1cc(Cl)c(N)c(Cl)c1)C(=O)N1CCC(N2CCc3ccccc3NC2=O)CC1. The molecule has 0 radical (unpaired) electrons. The van der Waals surface area contributed by atoms with Gasteiger partial charge in [-0.15, -0.1) is 0 Å². The average Bonchev–Trinajstić information content (AvgIpc) is 3.07. The summed E-state index contributed by atoms with van der Waals surface area (Å²) in [6, 6.07) is 9.12. The summed E-state index contributed by atoms with van der Waals surface area (Å²) in [4.78, 5) is 55.8.